The van der Waals surface area contributed by atoms with E-state index in [0.29, 0.717) is 5.92 Å². The highest BCUT2D eigenvalue weighted by molar-refractivity contribution is 7.90. The molecule has 4 rings (SSSR count). The first-order chi connectivity index (χ1) is 12.0. The van der Waals surface area contributed by atoms with Crippen LogP contribution in [0.2, 0.25) is 0 Å². The van der Waals surface area contributed by atoms with Gasteiger partial charge in [0.2, 0.25) is 0 Å². The number of anilines is 1. The van der Waals surface area contributed by atoms with Gasteiger partial charge in [-0.1, -0.05) is 0 Å². The second-order valence-corrected chi connectivity index (χ2v) is 8.98. The van der Waals surface area contributed by atoms with Crippen LogP contribution in [0.15, 0.2) is 23.2 Å². The molecule has 0 N–H and O–H groups in total. The first-order valence-electron chi connectivity index (χ1n) is 8.85. The van der Waals surface area contributed by atoms with Crippen molar-refractivity contribution in [3.05, 3.63) is 30.0 Å². The number of hydrogen-bond acceptors (Lipinski definition) is 6. The molecule has 0 radical (unpaired) electrons. The van der Waals surface area contributed by atoms with Crippen LogP contribution in [0.25, 0.3) is 0 Å². The number of aromatic nitrogens is 4. The van der Waals surface area contributed by atoms with Crippen molar-refractivity contribution in [3.8, 4) is 0 Å². The molecule has 0 amide bonds. The average Bonchev–Trinajstić information content (AvgIpc) is 3.05. The van der Waals surface area contributed by atoms with Crippen molar-refractivity contribution >= 4 is 15.7 Å². The van der Waals surface area contributed by atoms with E-state index in [1.165, 1.54) is 25.3 Å². The Morgan fingerprint density at radius 3 is 2.56 bits per heavy atom. The molecular formula is C17H23N5O2S. The molecule has 0 aromatic carbocycles. The van der Waals surface area contributed by atoms with Gasteiger partial charge in [-0.15, -0.1) is 10.2 Å². The zero-order chi connectivity index (χ0) is 17.4. The van der Waals surface area contributed by atoms with Crippen molar-refractivity contribution < 1.29 is 8.42 Å². The average molecular weight is 361 g/mol. The maximum atomic E-state index is 11.5. The van der Waals surface area contributed by atoms with Crippen LogP contribution in [-0.2, 0) is 22.8 Å². The molecule has 2 aliphatic heterocycles. The van der Waals surface area contributed by atoms with Crippen LogP contribution in [0.5, 0.6) is 0 Å². The van der Waals surface area contributed by atoms with Gasteiger partial charge in [0.05, 0.1) is 4.90 Å². The summed E-state index contributed by atoms with van der Waals surface area (Å²) in [6.07, 6.45) is 8.17. The third-order valence-corrected chi connectivity index (χ3v) is 6.32. The third-order valence-electron chi connectivity index (χ3n) is 5.22. The summed E-state index contributed by atoms with van der Waals surface area (Å²) >= 11 is 0. The second kappa shape index (κ2) is 6.40. The Kier molecular flexibility index (Phi) is 4.23. The number of pyridine rings is 1. The van der Waals surface area contributed by atoms with Crippen LogP contribution in [-0.4, -0.2) is 47.5 Å². The highest BCUT2D eigenvalue weighted by atomic mass is 32.2. The fourth-order valence-corrected chi connectivity index (χ4v) is 4.34. The number of nitrogens with zero attached hydrogens (tertiary/aromatic N) is 5. The number of rotatable bonds is 3. The van der Waals surface area contributed by atoms with Gasteiger partial charge in [0.1, 0.15) is 17.5 Å². The Labute approximate surface area is 148 Å². The predicted molar refractivity (Wildman–Crippen MR) is 94.5 cm³/mol. The number of piperidine rings is 1. The van der Waals surface area contributed by atoms with Gasteiger partial charge in [-0.3, -0.25) is 0 Å². The number of hydrogen-bond donors (Lipinski definition) is 0. The van der Waals surface area contributed by atoms with Gasteiger partial charge in [0, 0.05) is 44.4 Å². The summed E-state index contributed by atoms with van der Waals surface area (Å²) in [7, 11) is -3.20. The molecule has 1 saturated heterocycles. The van der Waals surface area contributed by atoms with Crippen molar-refractivity contribution in [1.82, 2.24) is 19.7 Å². The quantitative estimate of drug-likeness (QED) is 0.829. The van der Waals surface area contributed by atoms with Crippen LogP contribution in [0.3, 0.4) is 0 Å². The molecule has 2 aliphatic rings. The summed E-state index contributed by atoms with van der Waals surface area (Å²) in [5, 5.41) is 8.84. The molecule has 0 bridgehead atoms. The molecule has 0 atom stereocenters. The molecule has 0 aliphatic carbocycles. The van der Waals surface area contributed by atoms with Gasteiger partial charge < -0.3 is 9.47 Å². The summed E-state index contributed by atoms with van der Waals surface area (Å²) in [5.41, 5.74) is 0. The van der Waals surface area contributed by atoms with Crippen molar-refractivity contribution in [1.29, 1.82) is 0 Å². The molecule has 2 aromatic rings. The summed E-state index contributed by atoms with van der Waals surface area (Å²) in [4.78, 5) is 6.82. The Balaban J connectivity index is 1.44. The standard InChI is InChI=1S/C17H23N5O2S/c1-25(23,24)14-5-6-15(18-12-14)21-10-7-13(8-11-21)17-20-19-16-4-2-3-9-22(16)17/h5-6,12-13H,2-4,7-11H2,1H3. The monoisotopic (exact) mass is 361 g/mol. The molecule has 0 unspecified atom stereocenters. The fourth-order valence-electron chi connectivity index (χ4n) is 3.78. The minimum absolute atomic E-state index is 0.265. The first-order valence-corrected chi connectivity index (χ1v) is 10.7. The normalized spacial score (nSPS) is 19.0. The fraction of sp³-hybridized carbons (Fsp3) is 0.588. The molecule has 134 valence electrons. The van der Waals surface area contributed by atoms with Crippen LogP contribution in [0, 0.1) is 0 Å². The second-order valence-electron chi connectivity index (χ2n) is 6.97. The van der Waals surface area contributed by atoms with Crippen molar-refractivity contribution in [3.63, 3.8) is 0 Å². The van der Waals surface area contributed by atoms with E-state index in [-0.39, 0.29) is 4.90 Å². The van der Waals surface area contributed by atoms with E-state index >= 15 is 0 Å². The molecule has 25 heavy (non-hydrogen) atoms. The minimum Gasteiger partial charge on any atom is -0.357 e. The van der Waals surface area contributed by atoms with Crippen LogP contribution < -0.4 is 4.90 Å². The summed E-state index contributed by atoms with van der Waals surface area (Å²) in [6.45, 7) is 2.85. The lowest BCUT2D eigenvalue weighted by Gasteiger charge is -2.32. The van der Waals surface area contributed by atoms with E-state index < -0.39 is 9.84 Å². The third kappa shape index (κ3) is 3.27. The Morgan fingerprint density at radius 2 is 1.88 bits per heavy atom. The lowest BCUT2D eigenvalue weighted by atomic mass is 9.95. The van der Waals surface area contributed by atoms with E-state index in [9.17, 15) is 8.42 Å². The molecule has 2 aromatic heterocycles. The zero-order valence-corrected chi connectivity index (χ0v) is 15.2. The Hall–Kier alpha value is -1.96. The van der Waals surface area contributed by atoms with Crippen LogP contribution >= 0.6 is 0 Å². The molecular weight excluding hydrogens is 338 g/mol. The van der Waals surface area contributed by atoms with E-state index in [1.807, 2.05) is 0 Å². The van der Waals surface area contributed by atoms with Gasteiger partial charge in [0.25, 0.3) is 0 Å². The molecule has 1 fully saturated rings. The minimum atomic E-state index is -3.20. The molecule has 4 heterocycles. The first kappa shape index (κ1) is 16.5. The van der Waals surface area contributed by atoms with Crippen LogP contribution in [0.1, 0.15) is 43.3 Å². The van der Waals surface area contributed by atoms with Gasteiger partial charge in [-0.05, 0) is 37.8 Å². The molecule has 8 heteroatoms. The smallest absolute Gasteiger partial charge is 0.177 e. The van der Waals surface area contributed by atoms with Crippen molar-refractivity contribution in [2.24, 2.45) is 0 Å². The van der Waals surface area contributed by atoms with E-state index in [4.69, 9.17) is 0 Å². The summed E-state index contributed by atoms with van der Waals surface area (Å²) in [5.74, 6) is 3.58. The van der Waals surface area contributed by atoms with E-state index in [2.05, 4.69) is 24.6 Å². The van der Waals surface area contributed by atoms with Crippen LogP contribution in [0.4, 0.5) is 5.82 Å². The number of sulfone groups is 1. The van der Waals surface area contributed by atoms with E-state index in [0.717, 1.165) is 56.4 Å². The van der Waals surface area contributed by atoms with E-state index in [1.54, 1.807) is 12.1 Å². The SMILES string of the molecule is CS(=O)(=O)c1ccc(N2CCC(c3nnc4n3CCCC4)CC2)nc1. The van der Waals surface area contributed by atoms with Crippen molar-refractivity contribution in [2.45, 2.75) is 49.5 Å². The van der Waals surface area contributed by atoms with Crippen molar-refractivity contribution in [2.75, 3.05) is 24.2 Å². The summed E-state index contributed by atoms with van der Waals surface area (Å²) < 4.78 is 25.4. The topological polar surface area (TPSA) is 81.0 Å². The Bertz CT molecular complexity index is 852. The maximum absolute atomic E-state index is 11.5. The Morgan fingerprint density at radius 1 is 1.08 bits per heavy atom. The number of aryl methyl sites for hydroxylation is 1. The highest BCUT2D eigenvalue weighted by Gasteiger charge is 2.27. The zero-order valence-electron chi connectivity index (χ0n) is 14.4. The predicted octanol–water partition coefficient (Wildman–Crippen LogP) is 1.80. The number of fused-ring (bicyclic) bond motifs is 1. The van der Waals surface area contributed by atoms with Gasteiger partial charge >= 0.3 is 0 Å². The molecule has 0 saturated carbocycles. The largest absolute Gasteiger partial charge is 0.357 e. The molecule has 7 nitrogen and oxygen atoms in total. The maximum Gasteiger partial charge on any atom is 0.177 e. The highest BCUT2D eigenvalue weighted by Crippen LogP contribution is 2.30. The van der Waals surface area contributed by atoms with Gasteiger partial charge in [0.15, 0.2) is 9.84 Å². The lowest BCUT2D eigenvalue weighted by molar-refractivity contribution is 0.439. The molecule has 0 spiro atoms. The lowest BCUT2D eigenvalue weighted by Crippen LogP contribution is -2.34. The van der Waals surface area contributed by atoms with Gasteiger partial charge in [-0.25, -0.2) is 13.4 Å². The van der Waals surface area contributed by atoms with Gasteiger partial charge in [-0.2, -0.15) is 0 Å². The summed E-state index contributed by atoms with van der Waals surface area (Å²) in [6, 6.07) is 3.44.